The standard InChI is InChI=1S/C12H14Cl2FNO/c1-8(4-3-7-13)16-12(17)11-9(14)5-2-6-10(11)15/h2,5-6,8H,3-4,7H2,1H3,(H,16,17). The fourth-order valence-corrected chi connectivity index (χ4v) is 1.87. The molecule has 0 aromatic heterocycles. The summed E-state index contributed by atoms with van der Waals surface area (Å²) in [6.45, 7) is 1.85. The van der Waals surface area contributed by atoms with Crippen molar-refractivity contribution in [2.24, 2.45) is 0 Å². The molecule has 0 radical (unpaired) electrons. The van der Waals surface area contributed by atoms with Crippen molar-refractivity contribution in [3.8, 4) is 0 Å². The zero-order valence-corrected chi connectivity index (χ0v) is 11.0. The van der Waals surface area contributed by atoms with Crippen LogP contribution in [0.3, 0.4) is 0 Å². The Morgan fingerprint density at radius 1 is 1.53 bits per heavy atom. The van der Waals surface area contributed by atoms with Crippen LogP contribution in [-0.4, -0.2) is 17.8 Å². The second kappa shape index (κ2) is 6.82. The van der Waals surface area contributed by atoms with Gasteiger partial charge in [-0.25, -0.2) is 4.39 Å². The number of alkyl halides is 1. The van der Waals surface area contributed by atoms with Crippen LogP contribution in [0.2, 0.25) is 5.02 Å². The molecule has 0 saturated heterocycles. The minimum atomic E-state index is -0.612. The molecule has 0 bridgehead atoms. The molecule has 1 N–H and O–H groups in total. The van der Waals surface area contributed by atoms with Gasteiger partial charge >= 0.3 is 0 Å². The Bertz CT molecular complexity index is 378. The normalized spacial score (nSPS) is 12.2. The zero-order chi connectivity index (χ0) is 12.8. The van der Waals surface area contributed by atoms with Crippen molar-refractivity contribution in [1.82, 2.24) is 5.32 Å². The maximum absolute atomic E-state index is 13.4. The van der Waals surface area contributed by atoms with E-state index in [1.807, 2.05) is 6.92 Å². The van der Waals surface area contributed by atoms with Crippen LogP contribution in [0.15, 0.2) is 18.2 Å². The maximum atomic E-state index is 13.4. The molecule has 17 heavy (non-hydrogen) atoms. The maximum Gasteiger partial charge on any atom is 0.255 e. The third kappa shape index (κ3) is 4.17. The third-order valence-corrected chi connectivity index (χ3v) is 2.92. The quantitative estimate of drug-likeness (QED) is 0.819. The summed E-state index contributed by atoms with van der Waals surface area (Å²) in [5.74, 6) is -0.560. The fraction of sp³-hybridized carbons (Fsp3) is 0.417. The summed E-state index contributed by atoms with van der Waals surface area (Å²) in [6.07, 6.45) is 1.55. The lowest BCUT2D eigenvalue weighted by Crippen LogP contribution is -2.33. The number of nitrogens with one attached hydrogen (secondary N) is 1. The van der Waals surface area contributed by atoms with E-state index in [2.05, 4.69) is 5.32 Å². The van der Waals surface area contributed by atoms with Gasteiger partial charge in [0.2, 0.25) is 0 Å². The monoisotopic (exact) mass is 277 g/mol. The minimum Gasteiger partial charge on any atom is -0.349 e. The number of hydrogen-bond donors (Lipinski definition) is 1. The third-order valence-electron chi connectivity index (χ3n) is 2.34. The molecule has 0 fully saturated rings. The Balaban J connectivity index is 2.70. The molecule has 0 heterocycles. The SMILES string of the molecule is CC(CCCCl)NC(=O)c1c(F)cccc1Cl. The van der Waals surface area contributed by atoms with Crippen LogP contribution in [0.1, 0.15) is 30.1 Å². The first kappa shape index (κ1) is 14.3. The zero-order valence-electron chi connectivity index (χ0n) is 9.47. The van der Waals surface area contributed by atoms with Crippen molar-refractivity contribution in [1.29, 1.82) is 0 Å². The summed E-state index contributed by atoms with van der Waals surface area (Å²) in [5, 5.41) is 2.81. The van der Waals surface area contributed by atoms with E-state index in [0.29, 0.717) is 5.88 Å². The molecular weight excluding hydrogens is 264 g/mol. The van der Waals surface area contributed by atoms with Gasteiger partial charge in [0, 0.05) is 11.9 Å². The molecule has 2 nitrogen and oxygen atoms in total. The molecule has 1 rings (SSSR count). The van der Waals surface area contributed by atoms with Gasteiger partial charge in [-0.05, 0) is 31.9 Å². The van der Waals surface area contributed by atoms with Crippen molar-refractivity contribution < 1.29 is 9.18 Å². The van der Waals surface area contributed by atoms with Crippen LogP contribution in [-0.2, 0) is 0 Å². The lowest BCUT2D eigenvalue weighted by molar-refractivity contribution is 0.0934. The van der Waals surface area contributed by atoms with Crippen LogP contribution < -0.4 is 5.32 Å². The van der Waals surface area contributed by atoms with Crippen molar-refractivity contribution >= 4 is 29.1 Å². The number of amides is 1. The van der Waals surface area contributed by atoms with E-state index in [1.165, 1.54) is 18.2 Å². The molecule has 1 aromatic rings. The molecule has 94 valence electrons. The number of halogens is 3. The average Bonchev–Trinajstić information content (AvgIpc) is 2.26. The molecule has 5 heteroatoms. The van der Waals surface area contributed by atoms with Crippen molar-refractivity contribution in [3.05, 3.63) is 34.6 Å². The van der Waals surface area contributed by atoms with Crippen molar-refractivity contribution in [2.75, 3.05) is 5.88 Å². The Hall–Kier alpha value is -0.800. The van der Waals surface area contributed by atoms with Crippen LogP contribution in [0.25, 0.3) is 0 Å². The van der Waals surface area contributed by atoms with Gasteiger partial charge in [-0.15, -0.1) is 11.6 Å². The summed E-state index contributed by atoms with van der Waals surface area (Å²) in [5.41, 5.74) is -0.105. The van der Waals surface area contributed by atoms with Crippen molar-refractivity contribution in [2.45, 2.75) is 25.8 Å². The predicted octanol–water partition coefficient (Wildman–Crippen LogP) is 3.62. The highest BCUT2D eigenvalue weighted by Gasteiger charge is 2.17. The molecule has 1 amide bonds. The van der Waals surface area contributed by atoms with Gasteiger partial charge in [0.15, 0.2) is 0 Å². The Morgan fingerprint density at radius 2 is 2.24 bits per heavy atom. The number of carbonyl (C=O) groups is 1. The molecule has 0 saturated carbocycles. The number of carbonyl (C=O) groups excluding carboxylic acids is 1. The molecular formula is C12H14Cl2FNO. The largest absolute Gasteiger partial charge is 0.349 e. The highest BCUT2D eigenvalue weighted by atomic mass is 35.5. The Labute approximate surface area is 110 Å². The minimum absolute atomic E-state index is 0.0584. The van der Waals surface area contributed by atoms with Crippen molar-refractivity contribution in [3.63, 3.8) is 0 Å². The van der Waals surface area contributed by atoms with Crippen LogP contribution in [0.4, 0.5) is 4.39 Å². The first-order chi connectivity index (χ1) is 8.06. The Morgan fingerprint density at radius 3 is 2.82 bits per heavy atom. The summed E-state index contributed by atoms with van der Waals surface area (Å²) < 4.78 is 13.4. The van der Waals surface area contributed by atoms with E-state index in [4.69, 9.17) is 23.2 Å². The van der Waals surface area contributed by atoms with Gasteiger partial charge in [0.25, 0.3) is 5.91 Å². The second-order valence-corrected chi connectivity index (χ2v) is 4.59. The second-order valence-electron chi connectivity index (χ2n) is 3.80. The summed E-state index contributed by atoms with van der Waals surface area (Å²) >= 11 is 11.3. The lowest BCUT2D eigenvalue weighted by atomic mass is 10.1. The molecule has 0 aliphatic carbocycles. The van der Waals surface area contributed by atoms with Crippen LogP contribution in [0.5, 0.6) is 0 Å². The van der Waals surface area contributed by atoms with Gasteiger partial charge in [-0.1, -0.05) is 17.7 Å². The van der Waals surface area contributed by atoms with E-state index in [0.717, 1.165) is 12.8 Å². The van der Waals surface area contributed by atoms with Gasteiger partial charge in [0.1, 0.15) is 5.82 Å². The van der Waals surface area contributed by atoms with Gasteiger partial charge < -0.3 is 5.32 Å². The first-order valence-corrected chi connectivity index (χ1v) is 6.28. The lowest BCUT2D eigenvalue weighted by Gasteiger charge is -2.14. The highest BCUT2D eigenvalue weighted by molar-refractivity contribution is 6.33. The smallest absolute Gasteiger partial charge is 0.255 e. The first-order valence-electron chi connectivity index (χ1n) is 5.37. The van der Waals surface area contributed by atoms with E-state index >= 15 is 0 Å². The summed E-state index contributed by atoms with van der Waals surface area (Å²) in [6, 6.07) is 4.11. The molecule has 0 spiro atoms. The molecule has 1 aromatic carbocycles. The number of rotatable bonds is 5. The molecule has 0 aliphatic rings. The number of hydrogen-bond acceptors (Lipinski definition) is 1. The summed E-state index contributed by atoms with van der Waals surface area (Å²) in [7, 11) is 0. The average molecular weight is 278 g/mol. The van der Waals surface area contributed by atoms with E-state index in [1.54, 1.807) is 0 Å². The van der Waals surface area contributed by atoms with E-state index in [-0.39, 0.29) is 16.6 Å². The predicted molar refractivity (Wildman–Crippen MR) is 68.3 cm³/mol. The van der Waals surface area contributed by atoms with Crippen LogP contribution in [0, 0.1) is 5.82 Å². The van der Waals surface area contributed by atoms with E-state index < -0.39 is 11.7 Å². The highest BCUT2D eigenvalue weighted by Crippen LogP contribution is 2.18. The fourth-order valence-electron chi connectivity index (χ4n) is 1.47. The molecule has 1 unspecified atom stereocenters. The molecule has 0 aliphatic heterocycles. The van der Waals surface area contributed by atoms with Gasteiger partial charge in [0.05, 0.1) is 10.6 Å². The van der Waals surface area contributed by atoms with Gasteiger partial charge in [-0.3, -0.25) is 4.79 Å². The topological polar surface area (TPSA) is 29.1 Å². The molecule has 1 atom stereocenters. The summed E-state index contributed by atoms with van der Waals surface area (Å²) in [4.78, 5) is 11.8. The van der Waals surface area contributed by atoms with E-state index in [9.17, 15) is 9.18 Å². The van der Waals surface area contributed by atoms with Gasteiger partial charge in [-0.2, -0.15) is 0 Å². The Kier molecular flexibility index (Phi) is 5.72. The number of benzene rings is 1. The van der Waals surface area contributed by atoms with Crippen LogP contribution >= 0.6 is 23.2 Å².